The number of amides is 1. The smallest absolute Gasteiger partial charge is 0.339 e. The molecule has 2 rings (SSSR count). The lowest BCUT2D eigenvalue weighted by Crippen LogP contribution is -2.64. The molecule has 4 N–H and O–H groups in total. The van der Waals surface area contributed by atoms with E-state index in [-0.39, 0.29) is 11.4 Å². The van der Waals surface area contributed by atoms with E-state index in [2.05, 4.69) is 5.32 Å². The number of aliphatic hydroxyl groups excluding tert-OH is 1. The fourth-order valence-electron chi connectivity index (χ4n) is 3.41. The number of nitrogens with one attached hydrogen (secondary N) is 1. The largest absolute Gasteiger partial charge is 0.467 e. The minimum Gasteiger partial charge on any atom is -0.467 e. The van der Waals surface area contributed by atoms with Crippen molar-refractivity contribution in [3.05, 3.63) is 23.8 Å². The minimum atomic E-state index is -1.67. The molecule has 14 nitrogen and oxygen atoms in total. The normalized spacial score (nSPS) is 23.7. The van der Waals surface area contributed by atoms with Crippen molar-refractivity contribution in [1.82, 2.24) is 0 Å². The Bertz CT molecular complexity index is 1030. The topological polar surface area (TPSA) is 199 Å². The summed E-state index contributed by atoms with van der Waals surface area (Å²) in [6.45, 7) is 4.23. The zero-order chi connectivity index (χ0) is 27.9. The summed E-state index contributed by atoms with van der Waals surface area (Å²) < 4.78 is 32.2. The number of carbonyl (C=O) groups excluding carboxylic acids is 5. The molecule has 0 saturated carbocycles. The molecule has 1 aromatic rings. The van der Waals surface area contributed by atoms with Gasteiger partial charge in [0.15, 0.2) is 18.3 Å². The van der Waals surface area contributed by atoms with E-state index in [4.69, 9.17) is 34.2 Å². The van der Waals surface area contributed by atoms with E-state index < -0.39 is 73.1 Å². The maximum Gasteiger partial charge on any atom is 0.339 e. The summed E-state index contributed by atoms with van der Waals surface area (Å²) in [5, 5.41) is 12.1. The Kier molecular flexibility index (Phi) is 10.3. The van der Waals surface area contributed by atoms with Crippen molar-refractivity contribution >= 4 is 35.5 Å². The van der Waals surface area contributed by atoms with Gasteiger partial charge in [0, 0.05) is 20.8 Å². The van der Waals surface area contributed by atoms with Crippen molar-refractivity contribution in [3.8, 4) is 5.75 Å². The molecule has 1 saturated heterocycles. The summed E-state index contributed by atoms with van der Waals surface area (Å²) in [7, 11) is 1.05. The van der Waals surface area contributed by atoms with Gasteiger partial charge in [0.2, 0.25) is 18.3 Å². The summed E-state index contributed by atoms with van der Waals surface area (Å²) in [5.41, 5.74) is 6.09. The van der Waals surface area contributed by atoms with Crippen molar-refractivity contribution < 1.29 is 57.5 Å². The lowest BCUT2D eigenvalue weighted by atomic mass is 9.97. The molecule has 1 aromatic carbocycles. The van der Waals surface area contributed by atoms with Crippen LogP contribution in [-0.2, 0) is 54.3 Å². The molecular weight excluding hydrogens is 496 g/mol. The van der Waals surface area contributed by atoms with Crippen LogP contribution in [0.15, 0.2) is 18.2 Å². The third kappa shape index (κ3) is 7.87. The minimum absolute atomic E-state index is 0.0705. The molecule has 37 heavy (non-hydrogen) atoms. The van der Waals surface area contributed by atoms with Crippen LogP contribution in [0.5, 0.6) is 5.75 Å². The molecule has 204 valence electrons. The van der Waals surface area contributed by atoms with Crippen LogP contribution in [0.25, 0.3) is 0 Å². The van der Waals surface area contributed by atoms with Gasteiger partial charge < -0.3 is 44.6 Å². The number of methoxy groups -OCH3 is 1. The van der Waals surface area contributed by atoms with Gasteiger partial charge in [0.05, 0.1) is 25.4 Å². The molecule has 0 bridgehead atoms. The van der Waals surface area contributed by atoms with Crippen LogP contribution >= 0.6 is 0 Å². The van der Waals surface area contributed by atoms with E-state index in [1.165, 1.54) is 25.1 Å². The van der Waals surface area contributed by atoms with Crippen LogP contribution in [0.2, 0.25) is 0 Å². The molecule has 1 aliphatic rings. The van der Waals surface area contributed by atoms with Gasteiger partial charge in [-0.1, -0.05) is 6.07 Å². The highest BCUT2D eigenvalue weighted by atomic mass is 16.7. The summed E-state index contributed by atoms with van der Waals surface area (Å²) in [6.07, 6.45) is -8.00. The van der Waals surface area contributed by atoms with Crippen molar-refractivity contribution in [2.45, 2.75) is 71.0 Å². The monoisotopic (exact) mass is 526 g/mol. The lowest BCUT2D eigenvalue weighted by Gasteiger charge is -2.43. The van der Waals surface area contributed by atoms with Crippen molar-refractivity contribution in [1.29, 1.82) is 0 Å². The first-order valence-electron chi connectivity index (χ1n) is 11.1. The van der Waals surface area contributed by atoms with Gasteiger partial charge in [-0.25, -0.2) is 4.79 Å². The third-order valence-electron chi connectivity index (χ3n) is 4.98. The van der Waals surface area contributed by atoms with Crippen molar-refractivity contribution in [2.75, 3.05) is 12.4 Å². The van der Waals surface area contributed by atoms with Crippen molar-refractivity contribution in [3.63, 3.8) is 0 Å². The number of benzene rings is 1. The van der Waals surface area contributed by atoms with Gasteiger partial charge in [0.1, 0.15) is 5.75 Å². The number of aliphatic hydroxyl groups is 1. The maximum absolute atomic E-state index is 12.6. The number of hydrogen-bond acceptors (Lipinski definition) is 13. The number of ether oxygens (including phenoxy) is 6. The van der Waals surface area contributed by atoms with E-state index in [0.717, 1.165) is 27.9 Å². The molecule has 0 spiro atoms. The Balaban J connectivity index is 2.60. The Morgan fingerprint density at radius 2 is 1.57 bits per heavy atom. The quantitative estimate of drug-likeness (QED) is 0.276. The maximum atomic E-state index is 12.6. The molecule has 0 aliphatic carbocycles. The molecule has 0 aromatic heterocycles. The molecule has 1 heterocycles. The number of esters is 4. The van der Waals surface area contributed by atoms with Crippen molar-refractivity contribution in [2.24, 2.45) is 5.73 Å². The highest BCUT2D eigenvalue weighted by Crippen LogP contribution is 2.34. The highest BCUT2D eigenvalue weighted by molar-refractivity contribution is 5.95. The second-order valence-corrected chi connectivity index (χ2v) is 8.05. The molecule has 1 fully saturated rings. The van der Waals surface area contributed by atoms with Gasteiger partial charge in [0.25, 0.3) is 0 Å². The predicted molar refractivity (Wildman–Crippen MR) is 123 cm³/mol. The fraction of sp³-hybridized carbons (Fsp3) is 0.522. The molecule has 1 aliphatic heterocycles. The van der Waals surface area contributed by atoms with E-state index in [1.54, 1.807) is 0 Å². The number of rotatable bonds is 9. The second-order valence-electron chi connectivity index (χ2n) is 8.05. The lowest BCUT2D eigenvalue weighted by molar-refractivity contribution is -0.282. The molecule has 1 unspecified atom stereocenters. The summed E-state index contributed by atoms with van der Waals surface area (Å²) in [5.74, 6) is -4.19. The van der Waals surface area contributed by atoms with Gasteiger partial charge in [-0.05, 0) is 24.6 Å². The summed E-state index contributed by atoms with van der Waals surface area (Å²) in [4.78, 5) is 60.4. The molecule has 14 heteroatoms. The van der Waals surface area contributed by atoms with Gasteiger partial charge in [-0.3, -0.25) is 19.2 Å². The standard InChI is InChI=1S/C23H30N2O12/c1-10(24)21(30)25-15-7-6-14(9-26)8-16(15)36-23-20(35-13(4)29)18(34-12(3)28)17(33-11(2)27)19(37-23)22(31)32-5/h6-8,10,17-20,23,26H,9,24H2,1-5H3,(H,25,30)/t10?,17-,18-,19-,20+,23+/m0/s1. The first-order valence-corrected chi connectivity index (χ1v) is 11.1. The number of nitrogens with two attached hydrogens (primary N) is 1. The first kappa shape index (κ1) is 29.5. The van der Waals surface area contributed by atoms with Gasteiger partial charge in [-0.15, -0.1) is 0 Å². The summed E-state index contributed by atoms with van der Waals surface area (Å²) >= 11 is 0. The number of hydrogen-bond donors (Lipinski definition) is 3. The first-order chi connectivity index (χ1) is 17.4. The molecule has 6 atom stereocenters. The van der Waals surface area contributed by atoms with Crippen LogP contribution < -0.4 is 15.8 Å². The second kappa shape index (κ2) is 13.0. The van der Waals surface area contributed by atoms with Gasteiger partial charge >= 0.3 is 23.9 Å². The average molecular weight is 526 g/mol. The Morgan fingerprint density at radius 3 is 2.08 bits per heavy atom. The Morgan fingerprint density at radius 1 is 1.00 bits per heavy atom. The van der Waals surface area contributed by atoms with Crippen LogP contribution in [0.1, 0.15) is 33.3 Å². The molecule has 1 amide bonds. The highest BCUT2D eigenvalue weighted by Gasteiger charge is 2.56. The van der Waals surface area contributed by atoms with Crippen LogP contribution in [0, 0.1) is 0 Å². The third-order valence-corrected chi connectivity index (χ3v) is 4.98. The molecular formula is C23H30N2O12. The number of carbonyl (C=O) groups is 5. The van der Waals surface area contributed by atoms with E-state index in [0.29, 0.717) is 5.56 Å². The molecule has 0 radical (unpaired) electrons. The van der Waals surface area contributed by atoms with Crippen LogP contribution in [-0.4, -0.2) is 78.7 Å². The Hall–Kier alpha value is -3.75. The van der Waals surface area contributed by atoms with Crippen LogP contribution in [0.3, 0.4) is 0 Å². The van der Waals surface area contributed by atoms with Crippen LogP contribution in [0.4, 0.5) is 5.69 Å². The average Bonchev–Trinajstić information content (AvgIpc) is 2.81. The number of anilines is 1. The fourth-order valence-corrected chi connectivity index (χ4v) is 3.41. The SMILES string of the molecule is COC(=O)[C@H]1O[C@@H](Oc2cc(CO)ccc2NC(=O)C(C)N)[C@H](OC(C)=O)[C@@H](OC(C)=O)[C@@H]1OC(C)=O. The summed E-state index contributed by atoms with van der Waals surface area (Å²) in [6, 6.07) is 3.40. The zero-order valence-electron chi connectivity index (χ0n) is 20.9. The van der Waals surface area contributed by atoms with E-state index in [9.17, 15) is 29.1 Å². The Labute approximate surface area is 212 Å². The zero-order valence-corrected chi connectivity index (χ0v) is 20.9. The van der Waals surface area contributed by atoms with E-state index >= 15 is 0 Å². The predicted octanol–water partition coefficient (Wildman–Crippen LogP) is -0.464. The van der Waals surface area contributed by atoms with Gasteiger partial charge in [-0.2, -0.15) is 0 Å². The van der Waals surface area contributed by atoms with E-state index in [1.807, 2.05) is 0 Å².